The summed E-state index contributed by atoms with van der Waals surface area (Å²) in [5.74, 6) is 0.256. The van der Waals surface area contributed by atoms with E-state index in [1.807, 2.05) is 30.9 Å². The highest BCUT2D eigenvalue weighted by atomic mass is 32.2. The monoisotopic (exact) mass is 418 g/mol. The number of aryl methyl sites for hydroxylation is 3. The van der Waals surface area contributed by atoms with Crippen LogP contribution >= 0.6 is 11.8 Å². The molecule has 0 aliphatic carbocycles. The van der Waals surface area contributed by atoms with E-state index in [-0.39, 0.29) is 11.8 Å². The Morgan fingerprint density at radius 1 is 0.867 bits per heavy atom. The van der Waals surface area contributed by atoms with Gasteiger partial charge in [0.05, 0.1) is 17.0 Å². The molecule has 1 unspecified atom stereocenters. The maximum atomic E-state index is 14.2. The van der Waals surface area contributed by atoms with E-state index in [2.05, 4.69) is 52.0 Å². The molecule has 2 aromatic rings. The average molecular weight is 419 g/mol. The van der Waals surface area contributed by atoms with E-state index in [9.17, 15) is 9.59 Å². The minimum absolute atomic E-state index is 0.0176. The van der Waals surface area contributed by atoms with Crippen molar-refractivity contribution in [1.29, 1.82) is 0 Å². The van der Waals surface area contributed by atoms with Crippen molar-refractivity contribution < 1.29 is 9.59 Å². The van der Waals surface area contributed by atoms with Crippen LogP contribution in [-0.4, -0.2) is 23.1 Å². The zero-order chi connectivity index (χ0) is 21.6. The lowest BCUT2D eigenvalue weighted by Crippen LogP contribution is -2.55. The summed E-state index contributed by atoms with van der Waals surface area (Å²) in [6.07, 6.45) is 2.16. The van der Waals surface area contributed by atoms with Crippen LogP contribution in [0, 0.1) is 20.8 Å². The van der Waals surface area contributed by atoms with E-state index in [4.69, 9.17) is 0 Å². The van der Waals surface area contributed by atoms with Gasteiger partial charge in [0.1, 0.15) is 0 Å². The molecule has 0 bridgehead atoms. The standard InChI is InChI=1S/C25H26N2O2S/c1-14-7-15(2)9-18(8-14)26-21(28)13-30-25(26)20-11-16(3)10-19-17(4)12-24(5,6)27(22(19)20)23(25)29/h7-12H,13H2,1-6H3. The van der Waals surface area contributed by atoms with E-state index >= 15 is 0 Å². The number of allylic oxidation sites excluding steroid dienone is 1. The van der Waals surface area contributed by atoms with Crippen LogP contribution in [0.25, 0.3) is 5.57 Å². The Balaban J connectivity index is 1.84. The molecule has 3 heterocycles. The fourth-order valence-electron chi connectivity index (χ4n) is 5.40. The number of benzene rings is 2. The van der Waals surface area contributed by atoms with Crippen LogP contribution in [0.15, 0.2) is 36.4 Å². The summed E-state index contributed by atoms with van der Waals surface area (Å²) in [6, 6.07) is 10.4. The summed E-state index contributed by atoms with van der Waals surface area (Å²) in [7, 11) is 0. The lowest BCUT2D eigenvalue weighted by Gasteiger charge is -2.40. The molecule has 154 valence electrons. The molecule has 2 aromatic carbocycles. The number of anilines is 2. The Morgan fingerprint density at radius 2 is 1.50 bits per heavy atom. The molecule has 3 aliphatic rings. The molecule has 1 atom stereocenters. The van der Waals surface area contributed by atoms with Crippen LogP contribution in [0.4, 0.5) is 11.4 Å². The molecule has 1 fully saturated rings. The van der Waals surface area contributed by atoms with Gasteiger partial charge >= 0.3 is 0 Å². The van der Waals surface area contributed by atoms with Crippen molar-refractivity contribution in [1.82, 2.24) is 0 Å². The highest BCUT2D eigenvalue weighted by molar-refractivity contribution is 8.02. The van der Waals surface area contributed by atoms with Crippen molar-refractivity contribution in [2.24, 2.45) is 0 Å². The molecule has 0 aromatic heterocycles. The number of carbonyl (C=O) groups excluding carboxylic acids is 2. The van der Waals surface area contributed by atoms with Crippen LogP contribution in [-0.2, 0) is 14.5 Å². The Labute approximate surface area is 181 Å². The first-order valence-electron chi connectivity index (χ1n) is 10.3. The molecule has 1 spiro atoms. The van der Waals surface area contributed by atoms with Gasteiger partial charge in [-0.15, -0.1) is 11.8 Å². The van der Waals surface area contributed by atoms with Gasteiger partial charge in [-0.3, -0.25) is 19.4 Å². The Morgan fingerprint density at radius 3 is 2.17 bits per heavy atom. The number of thioether (sulfide) groups is 1. The first kappa shape index (κ1) is 19.4. The van der Waals surface area contributed by atoms with Crippen LogP contribution in [0.1, 0.15) is 48.6 Å². The smallest absolute Gasteiger partial charge is 0.269 e. The van der Waals surface area contributed by atoms with E-state index in [1.165, 1.54) is 17.3 Å². The largest absolute Gasteiger partial charge is 0.299 e. The number of fused-ring (bicyclic) bond motifs is 1. The van der Waals surface area contributed by atoms with Gasteiger partial charge in [-0.05, 0) is 82.0 Å². The van der Waals surface area contributed by atoms with Gasteiger partial charge in [0.2, 0.25) is 10.8 Å². The van der Waals surface area contributed by atoms with Gasteiger partial charge in [-0.2, -0.15) is 0 Å². The number of nitrogens with zero attached hydrogens (tertiary/aromatic N) is 2. The van der Waals surface area contributed by atoms with Crippen molar-refractivity contribution in [3.8, 4) is 0 Å². The van der Waals surface area contributed by atoms with Crippen molar-refractivity contribution in [3.05, 3.63) is 64.2 Å². The van der Waals surface area contributed by atoms with Crippen molar-refractivity contribution in [3.63, 3.8) is 0 Å². The number of carbonyl (C=O) groups is 2. The summed E-state index contributed by atoms with van der Waals surface area (Å²) < 4.78 is 0. The normalized spacial score (nSPS) is 24.0. The van der Waals surface area contributed by atoms with Crippen molar-refractivity contribution in [2.75, 3.05) is 15.6 Å². The predicted molar refractivity (Wildman–Crippen MR) is 124 cm³/mol. The second-order valence-corrected chi connectivity index (χ2v) is 10.5. The molecule has 3 aliphatic heterocycles. The fraction of sp³-hybridized carbons (Fsp3) is 0.360. The summed E-state index contributed by atoms with van der Waals surface area (Å²) >= 11 is 1.45. The lowest BCUT2D eigenvalue weighted by molar-refractivity contribution is -0.124. The number of rotatable bonds is 1. The van der Waals surface area contributed by atoms with Crippen LogP contribution < -0.4 is 9.80 Å². The van der Waals surface area contributed by atoms with Gasteiger partial charge in [-0.1, -0.05) is 18.2 Å². The van der Waals surface area contributed by atoms with Gasteiger partial charge < -0.3 is 0 Å². The number of hydrogen-bond donors (Lipinski definition) is 0. The molecule has 0 saturated carbocycles. The number of hydrogen-bond acceptors (Lipinski definition) is 3. The second kappa shape index (κ2) is 6.01. The van der Waals surface area contributed by atoms with Gasteiger partial charge in [0.25, 0.3) is 5.91 Å². The number of amides is 2. The molecule has 5 rings (SSSR count). The quantitative estimate of drug-likeness (QED) is 0.648. The molecule has 2 amide bonds. The first-order chi connectivity index (χ1) is 14.1. The third-order valence-corrected chi connectivity index (χ3v) is 7.73. The van der Waals surface area contributed by atoms with Gasteiger partial charge in [0.15, 0.2) is 0 Å². The highest BCUT2D eigenvalue weighted by Gasteiger charge is 2.64. The summed E-state index contributed by atoms with van der Waals surface area (Å²) in [5.41, 5.74) is 7.79. The van der Waals surface area contributed by atoms with E-state index in [0.29, 0.717) is 5.75 Å². The molecule has 4 nitrogen and oxygen atoms in total. The van der Waals surface area contributed by atoms with Crippen molar-refractivity contribution in [2.45, 2.75) is 52.0 Å². The maximum Gasteiger partial charge on any atom is 0.269 e. The van der Waals surface area contributed by atoms with Crippen LogP contribution in [0.2, 0.25) is 0 Å². The summed E-state index contributed by atoms with van der Waals surface area (Å²) in [4.78, 5) is 30.1. The Hall–Kier alpha value is -2.53. The zero-order valence-corrected chi connectivity index (χ0v) is 19.1. The van der Waals surface area contributed by atoms with E-state index in [1.54, 1.807) is 4.90 Å². The first-order valence-corrected chi connectivity index (χ1v) is 11.3. The molecule has 30 heavy (non-hydrogen) atoms. The predicted octanol–water partition coefficient (Wildman–Crippen LogP) is 5.09. The molecule has 0 N–H and O–H groups in total. The molecule has 0 radical (unpaired) electrons. The molecular weight excluding hydrogens is 392 g/mol. The Bertz CT molecular complexity index is 1160. The van der Waals surface area contributed by atoms with Crippen molar-refractivity contribution >= 4 is 40.5 Å². The molecular formula is C25H26N2O2S. The summed E-state index contributed by atoms with van der Waals surface area (Å²) in [6.45, 7) is 12.4. The highest BCUT2D eigenvalue weighted by Crippen LogP contribution is 2.60. The van der Waals surface area contributed by atoms with Gasteiger partial charge in [-0.25, -0.2) is 0 Å². The molecule has 1 saturated heterocycles. The Kier molecular flexibility index (Phi) is 3.89. The van der Waals surface area contributed by atoms with Crippen LogP contribution in [0.3, 0.4) is 0 Å². The second-order valence-electron chi connectivity index (χ2n) is 9.34. The SMILES string of the molecule is CC1=CC(C)(C)N2C(=O)C3(SCC(=O)N3c3cc(C)cc(C)c3)c3cc(C)cc1c32. The maximum absolute atomic E-state index is 14.2. The molecule has 5 heteroatoms. The zero-order valence-electron chi connectivity index (χ0n) is 18.3. The fourth-order valence-corrected chi connectivity index (χ4v) is 6.72. The minimum Gasteiger partial charge on any atom is -0.299 e. The average Bonchev–Trinajstić information content (AvgIpc) is 3.09. The summed E-state index contributed by atoms with van der Waals surface area (Å²) in [5, 5.41) is 0. The topological polar surface area (TPSA) is 40.6 Å². The van der Waals surface area contributed by atoms with E-state index in [0.717, 1.165) is 39.2 Å². The van der Waals surface area contributed by atoms with Crippen LogP contribution in [0.5, 0.6) is 0 Å². The lowest BCUT2D eigenvalue weighted by atomic mass is 9.88. The van der Waals surface area contributed by atoms with Gasteiger partial charge in [0, 0.05) is 16.8 Å². The van der Waals surface area contributed by atoms with E-state index < -0.39 is 10.4 Å². The third kappa shape index (κ3) is 2.36. The third-order valence-electron chi connectivity index (χ3n) is 6.34. The minimum atomic E-state index is -1.05.